The van der Waals surface area contributed by atoms with Crippen LogP contribution >= 0.6 is 34.0 Å². The summed E-state index contributed by atoms with van der Waals surface area (Å²) in [4.78, 5) is 0. The van der Waals surface area contributed by atoms with Gasteiger partial charge < -0.3 is 0 Å². The fraction of sp³-hybridized carbons (Fsp3) is 0. The second-order valence-electron chi connectivity index (χ2n) is 1.16. The molecule has 0 saturated carbocycles. The normalized spacial score (nSPS) is 92.8. The van der Waals surface area contributed by atoms with Crippen LogP contribution in [0.4, 0.5) is 0 Å². The molecule has 5 heteroatoms. The van der Waals surface area contributed by atoms with Crippen molar-refractivity contribution >= 4 is 34.0 Å². The maximum Gasteiger partial charge on any atom is 0.0111 e. The molecule has 26 valence electrons. The van der Waals surface area contributed by atoms with Crippen molar-refractivity contribution in [1.82, 2.24) is 0 Å². The van der Waals surface area contributed by atoms with Gasteiger partial charge in [-0.3, -0.25) is 0 Å². The molecule has 0 aromatic heterocycles. The number of hydrogen-bond donors (Lipinski definition) is 0. The number of rotatable bonds is 0. The monoisotopic (exact) mass is 156 g/mol. The Bertz CT molecular complexity index is 227. The van der Waals surface area contributed by atoms with Gasteiger partial charge in [0.1, 0.15) is 0 Å². The summed E-state index contributed by atoms with van der Waals surface area (Å²) in [5, 5.41) is 0. The molecule has 0 bridgehead atoms. The maximum absolute atomic E-state index is 1.98. The minimum Gasteiger partial charge on any atom is -0.0444 e. The quantitative estimate of drug-likeness (QED) is 0.463. The molecule has 2 atom stereocenters. The van der Waals surface area contributed by atoms with E-state index in [1.165, 1.54) is 0 Å². The van der Waals surface area contributed by atoms with Gasteiger partial charge >= 0.3 is 0 Å². The van der Waals surface area contributed by atoms with Gasteiger partial charge in [0.05, 0.1) is 0 Å². The van der Waals surface area contributed by atoms with E-state index in [1.54, 1.807) is 0 Å². The molecule has 0 radical (unpaired) electrons. The lowest BCUT2D eigenvalue weighted by molar-refractivity contribution is 5.71. The fourth-order valence-electron chi connectivity index (χ4n) is 0.391. The molecule has 1 spiro atoms. The Hall–Kier alpha value is 1.55. The topological polar surface area (TPSA) is 0 Å². The average Bonchev–Trinajstić information content (AvgIpc) is 2.04. The highest BCUT2D eigenvalue weighted by molar-refractivity contribution is 9.82. The van der Waals surface area contributed by atoms with Crippen molar-refractivity contribution in [3.63, 3.8) is 0 Å². The van der Waals surface area contributed by atoms with Gasteiger partial charge in [0, 0.05) is 25.5 Å². The third-order valence-corrected chi connectivity index (χ3v) is 57.2. The van der Waals surface area contributed by atoms with Crippen LogP contribution in [0.3, 0.4) is 0 Å². The third-order valence-electron chi connectivity index (χ3n) is 0.869. The molecule has 0 aromatic carbocycles. The molecule has 3 aliphatic rings. The van der Waals surface area contributed by atoms with Gasteiger partial charge in [-0.05, 0) is 8.51 Å². The van der Waals surface area contributed by atoms with Gasteiger partial charge in [0.15, 0.2) is 0 Å². The van der Waals surface area contributed by atoms with Crippen molar-refractivity contribution in [3.05, 3.63) is 0 Å². The summed E-state index contributed by atoms with van der Waals surface area (Å²) >= 11 is 0. The van der Waals surface area contributed by atoms with E-state index in [0.717, 1.165) is 11.4 Å². The lowest BCUT2D eigenvalue weighted by Crippen LogP contribution is -0.846. The van der Waals surface area contributed by atoms with Crippen LogP contribution in [0.5, 0.6) is 0 Å². The Kier molecular flexibility index (Phi) is 0.262. The van der Waals surface area contributed by atoms with E-state index in [9.17, 15) is 0 Å². The van der Waals surface area contributed by atoms with E-state index < -0.39 is 0 Å². The van der Waals surface area contributed by atoms with Crippen LogP contribution < -0.4 is 0 Å². The van der Waals surface area contributed by atoms with Gasteiger partial charge in [-0.2, -0.15) is 0 Å². The van der Waals surface area contributed by atoms with Crippen molar-refractivity contribution in [2.24, 2.45) is 0 Å². The molecular weight excluding hydrogens is 156 g/mol. The standard InChI is InChI=1S/P4S/c1-3-4-2-5(1,3)4. The Labute approximate surface area is 34.5 Å². The van der Waals surface area contributed by atoms with Crippen molar-refractivity contribution in [2.45, 2.75) is 0 Å². The van der Waals surface area contributed by atoms with Crippen LogP contribution in [0, 0.1) is 0 Å². The lowest BCUT2D eigenvalue weighted by atomic mass is 29.8. The molecule has 0 N–H and O–H groups in total. The van der Waals surface area contributed by atoms with Crippen molar-refractivity contribution in [3.8, 4) is 0 Å². The third kappa shape index (κ3) is 0.151. The molecule has 2 unspecified atom stereocenters. The second-order valence-corrected chi connectivity index (χ2v) is 31.3. The minimum absolute atomic E-state index is 0.491. The summed E-state index contributed by atoms with van der Waals surface area (Å²) in [5.41, 5.74) is 1.84. The van der Waals surface area contributed by atoms with Gasteiger partial charge in [-0.25, -0.2) is 0 Å². The molecule has 0 aliphatic carbocycles. The summed E-state index contributed by atoms with van der Waals surface area (Å²) in [6.45, 7) is 0. The molecule has 0 amide bonds. The summed E-state index contributed by atoms with van der Waals surface area (Å²) in [6.07, 6.45) is 0. The maximum atomic E-state index is 1.98. The van der Waals surface area contributed by atoms with Gasteiger partial charge in [0.2, 0.25) is 0 Å². The highest BCUT2D eigenvalue weighted by Gasteiger charge is 2.62. The van der Waals surface area contributed by atoms with E-state index in [-0.39, 0.29) is 0 Å². The average molecular weight is 156 g/mol. The van der Waals surface area contributed by atoms with Crippen molar-refractivity contribution in [2.75, 3.05) is 0 Å². The Morgan fingerprint density at radius 3 is 1.60 bits per heavy atom. The van der Waals surface area contributed by atoms with Crippen LogP contribution in [0.2, 0.25) is 0 Å². The molecule has 3 aliphatic heterocycles. The zero-order chi connectivity index (χ0) is 3.07. The predicted molar refractivity (Wildman–Crippen MR) is 35.3 cm³/mol. The Balaban J connectivity index is 3.48. The first kappa shape index (κ1) is 2.76. The largest absolute Gasteiger partial charge is 0.0444 e. The molecule has 0 aromatic rings. The van der Waals surface area contributed by atoms with Crippen LogP contribution in [-0.4, -0.2) is 0 Å². The van der Waals surface area contributed by atoms with Crippen molar-refractivity contribution in [1.29, 1.82) is 0 Å². The highest BCUT2D eigenvalue weighted by Crippen LogP contribution is 3.41. The van der Waals surface area contributed by atoms with E-state index in [2.05, 4.69) is 0 Å². The summed E-state index contributed by atoms with van der Waals surface area (Å²) < 4.78 is 0. The zero-order valence-electron chi connectivity index (χ0n) is 2.20. The fourth-order valence-corrected chi connectivity index (χ4v) is 83.2. The SMILES string of the molecule is P1=P2=P3=PS123. The molecule has 3 heterocycles. The highest BCUT2D eigenvalue weighted by atomic mass is 34.1. The molecular formula is P4S. The smallest absolute Gasteiger partial charge is 0.0111 e. The Morgan fingerprint density at radius 2 is 1.60 bits per heavy atom. The molecule has 0 fully saturated rings. The van der Waals surface area contributed by atoms with Crippen LogP contribution in [0.1, 0.15) is 0 Å². The van der Waals surface area contributed by atoms with E-state index in [1.807, 2.05) is 14.1 Å². The molecule has 0 nitrogen and oxygen atoms in total. The van der Waals surface area contributed by atoms with Crippen LogP contribution in [0.15, 0.2) is 0 Å². The van der Waals surface area contributed by atoms with Gasteiger partial charge in [0.25, 0.3) is 0 Å². The molecule has 3 rings (SSSR count). The first-order valence-corrected chi connectivity index (χ1v) is 12.0. The first-order chi connectivity index (χ1) is 2.43. The Morgan fingerprint density at radius 1 is 1.20 bits per heavy atom. The minimum atomic E-state index is 0.491. The zero-order valence-corrected chi connectivity index (χ0v) is 6.59. The lowest BCUT2D eigenvalue weighted by Gasteiger charge is -1.60. The predicted octanol–water partition coefficient (Wildman–Crippen LogP) is 4.09. The van der Waals surface area contributed by atoms with E-state index in [4.69, 9.17) is 0 Å². The van der Waals surface area contributed by atoms with Crippen LogP contribution in [-0.2, 0) is 0 Å². The van der Waals surface area contributed by atoms with E-state index >= 15 is 0 Å². The van der Waals surface area contributed by atoms with E-state index in [0.29, 0.717) is 8.51 Å². The molecule has 0 saturated heterocycles. The van der Waals surface area contributed by atoms with Crippen LogP contribution in [0.25, 0.3) is 0 Å². The van der Waals surface area contributed by atoms with Gasteiger partial charge in [-0.15, -0.1) is 0 Å². The second kappa shape index (κ2) is 0.475. The summed E-state index contributed by atoms with van der Waals surface area (Å²) in [5.74, 6) is 0. The van der Waals surface area contributed by atoms with Gasteiger partial charge in [-0.1, -0.05) is 0 Å². The van der Waals surface area contributed by atoms with Crippen molar-refractivity contribution < 1.29 is 0 Å². The summed E-state index contributed by atoms with van der Waals surface area (Å²) in [6, 6.07) is 0. The molecule has 5 heavy (non-hydrogen) atoms. The summed E-state index contributed by atoms with van der Waals surface area (Å²) in [7, 11) is 4.45. The number of hydrogen-bond acceptors (Lipinski definition) is 0. The first-order valence-electron chi connectivity index (χ1n) is 1.33.